The highest BCUT2D eigenvalue weighted by atomic mass is 32.2. The first-order valence-electron chi connectivity index (χ1n) is 6.21. The second-order valence-corrected chi connectivity index (χ2v) is 6.24. The number of benzene rings is 2. The van der Waals surface area contributed by atoms with Crippen LogP contribution >= 0.6 is 0 Å². The number of anilines is 1. The van der Waals surface area contributed by atoms with Gasteiger partial charge in [-0.1, -0.05) is 24.3 Å². The Morgan fingerprint density at radius 1 is 1.19 bits per heavy atom. The maximum atomic E-state index is 12.2. The van der Waals surface area contributed by atoms with Gasteiger partial charge in [0, 0.05) is 0 Å². The van der Waals surface area contributed by atoms with E-state index in [1.54, 1.807) is 31.2 Å². The van der Waals surface area contributed by atoms with Gasteiger partial charge in [0.05, 0.1) is 23.1 Å². The predicted molar refractivity (Wildman–Crippen MR) is 79.4 cm³/mol. The second-order valence-electron chi connectivity index (χ2n) is 4.56. The van der Waals surface area contributed by atoms with Crippen LogP contribution in [0.4, 0.5) is 5.69 Å². The minimum atomic E-state index is -3.78. The van der Waals surface area contributed by atoms with Crippen molar-refractivity contribution in [1.29, 1.82) is 5.26 Å². The number of sulfonamides is 1. The van der Waals surface area contributed by atoms with Gasteiger partial charge in [0.15, 0.2) is 0 Å². The van der Waals surface area contributed by atoms with Gasteiger partial charge in [-0.15, -0.1) is 0 Å². The molecule has 0 saturated carbocycles. The number of phenols is 1. The third-order valence-corrected chi connectivity index (χ3v) is 4.38. The molecule has 108 valence electrons. The lowest BCUT2D eigenvalue weighted by Crippen LogP contribution is -2.13. The van der Waals surface area contributed by atoms with Crippen molar-refractivity contribution in [1.82, 2.24) is 0 Å². The summed E-state index contributed by atoms with van der Waals surface area (Å²) in [7, 11) is -3.78. The fourth-order valence-electron chi connectivity index (χ4n) is 1.82. The van der Waals surface area contributed by atoms with Crippen LogP contribution in [-0.4, -0.2) is 13.5 Å². The molecule has 0 aliphatic heterocycles. The van der Waals surface area contributed by atoms with Crippen LogP contribution in [0.2, 0.25) is 0 Å². The summed E-state index contributed by atoms with van der Waals surface area (Å²) in [6.45, 7) is 1.68. The number of nitrogens with one attached hydrogen (secondary N) is 1. The maximum absolute atomic E-state index is 12.2. The van der Waals surface area contributed by atoms with Crippen LogP contribution in [0.5, 0.6) is 5.75 Å². The summed E-state index contributed by atoms with van der Waals surface area (Å²) in [6, 6.07) is 12.9. The van der Waals surface area contributed by atoms with Crippen molar-refractivity contribution >= 4 is 15.7 Å². The average molecular weight is 302 g/mol. The van der Waals surface area contributed by atoms with Gasteiger partial charge in [-0.2, -0.15) is 5.26 Å². The van der Waals surface area contributed by atoms with Gasteiger partial charge >= 0.3 is 0 Å². The van der Waals surface area contributed by atoms with Crippen molar-refractivity contribution in [2.75, 3.05) is 4.72 Å². The third kappa shape index (κ3) is 3.33. The summed E-state index contributed by atoms with van der Waals surface area (Å²) in [5.74, 6) is -0.0952. The molecule has 6 heteroatoms. The molecule has 0 atom stereocenters. The highest BCUT2D eigenvalue weighted by Crippen LogP contribution is 2.28. The van der Waals surface area contributed by atoms with Crippen LogP contribution < -0.4 is 4.72 Å². The van der Waals surface area contributed by atoms with E-state index in [0.29, 0.717) is 5.56 Å². The molecule has 0 heterocycles. The van der Waals surface area contributed by atoms with Crippen molar-refractivity contribution in [3.8, 4) is 11.8 Å². The average Bonchev–Trinajstić information content (AvgIpc) is 2.45. The molecule has 21 heavy (non-hydrogen) atoms. The van der Waals surface area contributed by atoms with Gasteiger partial charge < -0.3 is 5.11 Å². The molecular formula is C15H14N2O3S. The first-order valence-corrected chi connectivity index (χ1v) is 7.69. The zero-order valence-corrected chi connectivity index (χ0v) is 12.2. The Labute approximate surface area is 123 Å². The normalized spacial score (nSPS) is 10.9. The van der Waals surface area contributed by atoms with E-state index in [0.717, 1.165) is 5.56 Å². The van der Waals surface area contributed by atoms with E-state index in [4.69, 9.17) is 5.26 Å². The quantitative estimate of drug-likeness (QED) is 0.849. The Morgan fingerprint density at radius 3 is 2.48 bits per heavy atom. The lowest BCUT2D eigenvalue weighted by molar-refractivity contribution is 0.473. The van der Waals surface area contributed by atoms with Gasteiger partial charge in [-0.3, -0.25) is 4.72 Å². The Bertz CT molecular complexity index is 791. The molecule has 5 nitrogen and oxygen atoms in total. The van der Waals surface area contributed by atoms with Crippen molar-refractivity contribution in [2.45, 2.75) is 18.2 Å². The molecule has 0 unspecified atom stereocenters. The van der Waals surface area contributed by atoms with Gasteiger partial charge in [-0.05, 0) is 36.2 Å². The van der Waals surface area contributed by atoms with Crippen LogP contribution in [0.3, 0.4) is 0 Å². The molecule has 2 aromatic carbocycles. The lowest BCUT2D eigenvalue weighted by atomic mass is 10.2. The molecule has 0 saturated heterocycles. The highest BCUT2D eigenvalue weighted by molar-refractivity contribution is 7.92. The molecule has 0 spiro atoms. The van der Waals surface area contributed by atoms with E-state index >= 15 is 0 Å². The number of para-hydroxylation sites is 1. The minimum absolute atomic E-state index is 0.0742. The highest BCUT2D eigenvalue weighted by Gasteiger charge is 2.16. The number of nitriles is 1. The molecular weight excluding hydrogens is 288 g/mol. The number of nitrogens with zero attached hydrogens (tertiary/aromatic N) is 1. The zero-order chi connectivity index (χ0) is 15.5. The van der Waals surface area contributed by atoms with Gasteiger partial charge in [-0.25, -0.2) is 8.42 Å². The summed E-state index contributed by atoms with van der Waals surface area (Å²) in [4.78, 5) is 0.0742. The third-order valence-electron chi connectivity index (χ3n) is 3.00. The van der Waals surface area contributed by atoms with Crippen LogP contribution in [0, 0.1) is 18.3 Å². The van der Waals surface area contributed by atoms with E-state index in [-0.39, 0.29) is 22.8 Å². The van der Waals surface area contributed by atoms with Gasteiger partial charge in [0.2, 0.25) is 0 Å². The van der Waals surface area contributed by atoms with E-state index in [9.17, 15) is 13.5 Å². The van der Waals surface area contributed by atoms with E-state index < -0.39 is 10.0 Å². The number of rotatable bonds is 4. The van der Waals surface area contributed by atoms with Crippen LogP contribution in [0.1, 0.15) is 11.1 Å². The largest absolute Gasteiger partial charge is 0.505 e. The molecule has 0 bridgehead atoms. The molecule has 0 aromatic heterocycles. The standard InChI is InChI=1S/C15H14N2O3S/c1-11-3-2-4-14(15(11)18)17-21(19,20)13-7-5-12(6-8-13)9-10-16/h2-8,17-18H,9H2,1H3. The van der Waals surface area contributed by atoms with Crippen molar-refractivity contribution < 1.29 is 13.5 Å². The topological polar surface area (TPSA) is 90.2 Å². The van der Waals surface area contributed by atoms with Crippen molar-refractivity contribution in [2.24, 2.45) is 0 Å². The first kappa shape index (κ1) is 14.9. The Hall–Kier alpha value is -2.52. The first-order chi connectivity index (χ1) is 9.94. The number of aryl methyl sites for hydroxylation is 1. The van der Waals surface area contributed by atoms with Gasteiger partial charge in [0.25, 0.3) is 10.0 Å². The SMILES string of the molecule is Cc1cccc(NS(=O)(=O)c2ccc(CC#N)cc2)c1O. The molecule has 0 radical (unpaired) electrons. The summed E-state index contributed by atoms with van der Waals surface area (Å²) < 4.78 is 26.8. The molecule has 2 aromatic rings. The molecule has 0 amide bonds. The molecule has 0 fully saturated rings. The van der Waals surface area contributed by atoms with Crippen LogP contribution in [0.15, 0.2) is 47.4 Å². The molecule has 0 aliphatic rings. The van der Waals surface area contributed by atoms with Crippen molar-refractivity contribution in [3.05, 3.63) is 53.6 Å². The Balaban J connectivity index is 2.30. The predicted octanol–water partition coefficient (Wildman–Crippen LogP) is 2.57. The second kappa shape index (κ2) is 5.85. The fourth-order valence-corrected chi connectivity index (χ4v) is 2.89. The number of phenolic OH excluding ortho intramolecular Hbond substituents is 1. The molecule has 2 N–H and O–H groups in total. The maximum Gasteiger partial charge on any atom is 0.262 e. The number of aromatic hydroxyl groups is 1. The van der Waals surface area contributed by atoms with Gasteiger partial charge in [0.1, 0.15) is 5.75 Å². The summed E-state index contributed by atoms with van der Waals surface area (Å²) in [5.41, 5.74) is 1.46. The summed E-state index contributed by atoms with van der Waals surface area (Å²) in [5, 5.41) is 18.5. The molecule has 2 rings (SSSR count). The Kier molecular flexibility index (Phi) is 4.15. The smallest absolute Gasteiger partial charge is 0.262 e. The van der Waals surface area contributed by atoms with Crippen LogP contribution in [0.25, 0.3) is 0 Å². The Morgan fingerprint density at radius 2 is 1.86 bits per heavy atom. The fraction of sp³-hybridized carbons (Fsp3) is 0.133. The monoisotopic (exact) mass is 302 g/mol. The zero-order valence-electron chi connectivity index (χ0n) is 11.4. The summed E-state index contributed by atoms with van der Waals surface area (Å²) in [6.07, 6.45) is 0.229. The lowest BCUT2D eigenvalue weighted by Gasteiger charge is -2.11. The number of hydrogen-bond donors (Lipinski definition) is 2. The number of hydrogen-bond acceptors (Lipinski definition) is 4. The van der Waals surface area contributed by atoms with Crippen molar-refractivity contribution in [3.63, 3.8) is 0 Å². The summed E-state index contributed by atoms with van der Waals surface area (Å²) >= 11 is 0. The minimum Gasteiger partial charge on any atom is -0.505 e. The van der Waals surface area contributed by atoms with E-state index in [2.05, 4.69) is 4.72 Å². The van der Waals surface area contributed by atoms with E-state index in [1.165, 1.54) is 18.2 Å². The molecule has 0 aliphatic carbocycles. The van der Waals surface area contributed by atoms with E-state index in [1.807, 2.05) is 6.07 Å². The van der Waals surface area contributed by atoms with Crippen LogP contribution in [-0.2, 0) is 16.4 Å².